The lowest BCUT2D eigenvalue weighted by Crippen LogP contribution is -2.25. The van der Waals surface area contributed by atoms with E-state index in [9.17, 15) is 9.59 Å². The zero-order chi connectivity index (χ0) is 13.7. The number of aromatic nitrogens is 1. The van der Waals surface area contributed by atoms with Crippen LogP contribution in [0.2, 0.25) is 0 Å². The zero-order valence-electron chi connectivity index (χ0n) is 11.4. The Balaban J connectivity index is 3.04. The summed E-state index contributed by atoms with van der Waals surface area (Å²) in [4.78, 5) is 24.0. The summed E-state index contributed by atoms with van der Waals surface area (Å²) >= 11 is 0. The van der Waals surface area contributed by atoms with Crippen molar-refractivity contribution in [2.45, 2.75) is 25.8 Å². The van der Waals surface area contributed by atoms with E-state index in [2.05, 4.69) is 12.2 Å². The summed E-state index contributed by atoms with van der Waals surface area (Å²) in [5.41, 5.74) is 1.65. The van der Waals surface area contributed by atoms with Crippen molar-refractivity contribution in [2.75, 3.05) is 19.0 Å². The van der Waals surface area contributed by atoms with Crippen LogP contribution in [0.25, 0.3) is 0 Å². The topological polar surface area (TPSA) is 54.3 Å². The largest absolute Gasteiger partial charge is 0.317 e. The average molecular weight is 251 g/mol. The molecule has 0 spiro atoms. The highest BCUT2D eigenvalue weighted by Crippen LogP contribution is 2.18. The molecule has 1 rings (SSSR count). The Hall–Kier alpha value is -1.62. The molecule has 0 radical (unpaired) electrons. The van der Waals surface area contributed by atoms with Crippen molar-refractivity contribution in [2.24, 2.45) is 7.05 Å². The lowest BCUT2D eigenvalue weighted by Gasteiger charge is -2.18. The summed E-state index contributed by atoms with van der Waals surface area (Å²) in [6, 6.07) is 1.99. The number of pyridine rings is 1. The van der Waals surface area contributed by atoms with Crippen LogP contribution in [0.1, 0.15) is 18.9 Å². The Kier molecular flexibility index (Phi) is 5.09. The molecule has 0 aliphatic carbocycles. The fourth-order valence-corrected chi connectivity index (χ4v) is 1.75. The Morgan fingerprint density at radius 2 is 2.22 bits per heavy atom. The van der Waals surface area contributed by atoms with Crippen LogP contribution in [0.15, 0.2) is 17.1 Å². The monoisotopic (exact) mass is 251 g/mol. The first kappa shape index (κ1) is 14.4. The second-order valence-corrected chi connectivity index (χ2v) is 4.58. The summed E-state index contributed by atoms with van der Waals surface area (Å²) in [5.74, 6) is 0. The molecular formula is C13H21N3O2. The van der Waals surface area contributed by atoms with Gasteiger partial charge in [0.15, 0.2) is 0 Å². The van der Waals surface area contributed by atoms with Crippen LogP contribution < -0.4 is 15.8 Å². The third-order valence-corrected chi connectivity index (χ3v) is 3.17. The molecule has 5 nitrogen and oxygen atoms in total. The number of rotatable bonds is 6. The predicted octanol–water partition coefficient (Wildman–Crippen LogP) is 0.518. The molecule has 0 aliphatic heterocycles. The molecule has 100 valence electrons. The maximum atomic E-state index is 11.7. The SMILES string of the molecule is CNC(C)CCc1cc(=O)n(C)cc1N(C)C=O. The quantitative estimate of drug-likeness (QED) is 0.750. The lowest BCUT2D eigenvalue weighted by molar-refractivity contribution is -0.107. The summed E-state index contributed by atoms with van der Waals surface area (Å²) in [6.45, 7) is 2.09. The van der Waals surface area contributed by atoms with Crippen molar-refractivity contribution in [1.82, 2.24) is 9.88 Å². The summed E-state index contributed by atoms with van der Waals surface area (Å²) in [7, 11) is 5.29. The number of hydrogen-bond donors (Lipinski definition) is 1. The summed E-state index contributed by atoms with van der Waals surface area (Å²) in [6.07, 6.45) is 4.15. The van der Waals surface area contributed by atoms with Crippen molar-refractivity contribution in [3.63, 3.8) is 0 Å². The molecule has 0 bridgehead atoms. The zero-order valence-corrected chi connectivity index (χ0v) is 11.4. The third kappa shape index (κ3) is 3.43. The number of anilines is 1. The molecular weight excluding hydrogens is 230 g/mol. The van der Waals surface area contributed by atoms with Gasteiger partial charge in [-0.25, -0.2) is 0 Å². The molecule has 1 aromatic rings. The van der Waals surface area contributed by atoms with Crippen molar-refractivity contribution >= 4 is 12.1 Å². The van der Waals surface area contributed by atoms with E-state index in [1.54, 1.807) is 26.4 Å². The van der Waals surface area contributed by atoms with Crippen LogP contribution >= 0.6 is 0 Å². The molecule has 0 saturated carbocycles. The van der Waals surface area contributed by atoms with Gasteiger partial charge in [0.25, 0.3) is 5.56 Å². The Morgan fingerprint density at radius 1 is 1.56 bits per heavy atom. The number of aryl methyl sites for hydroxylation is 2. The van der Waals surface area contributed by atoms with Gasteiger partial charge in [0, 0.05) is 32.4 Å². The smallest absolute Gasteiger partial charge is 0.250 e. The van der Waals surface area contributed by atoms with E-state index in [1.807, 2.05) is 7.05 Å². The van der Waals surface area contributed by atoms with E-state index >= 15 is 0 Å². The fourth-order valence-electron chi connectivity index (χ4n) is 1.75. The van der Waals surface area contributed by atoms with Crippen LogP contribution in [0.5, 0.6) is 0 Å². The van der Waals surface area contributed by atoms with Crippen LogP contribution in [-0.4, -0.2) is 31.1 Å². The molecule has 0 aliphatic rings. The number of nitrogens with zero attached hydrogens (tertiary/aromatic N) is 2. The van der Waals surface area contributed by atoms with Crippen LogP contribution in [0, 0.1) is 0 Å². The second kappa shape index (κ2) is 6.35. The van der Waals surface area contributed by atoms with Gasteiger partial charge in [-0.3, -0.25) is 9.59 Å². The highest BCUT2D eigenvalue weighted by Gasteiger charge is 2.10. The lowest BCUT2D eigenvalue weighted by atomic mass is 10.1. The van der Waals surface area contributed by atoms with E-state index in [4.69, 9.17) is 0 Å². The fraction of sp³-hybridized carbons (Fsp3) is 0.538. The first-order chi connectivity index (χ1) is 8.49. The summed E-state index contributed by atoms with van der Waals surface area (Å²) in [5, 5.41) is 3.16. The Labute approximate surface area is 107 Å². The minimum absolute atomic E-state index is 0.0508. The second-order valence-electron chi connectivity index (χ2n) is 4.58. The van der Waals surface area contributed by atoms with Gasteiger partial charge in [-0.15, -0.1) is 0 Å². The molecule has 18 heavy (non-hydrogen) atoms. The molecule has 5 heteroatoms. The van der Waals surface area contributed by atoms with E-state index in [-0.39, 0.29) is 5.56 Å². The molecule has 1 unspecified atom stereocenters. The van der Waals surface area contributed by atoms with E-state index in [1.165, 1.54) is 9.47 Å². The van der Waals surface area contributed by atoms with E-state index < -0.39 is 0 Å². The molecule has 1 heterocycles. The standard InChI is InChI=1S/C13H21N3O2/c1-10(14-2)5-6-11-7-13(18)15(3)8-12(11)16(4)9-17/h7-10,14H,5-6H2,1-4H3. The van der Waals surface area contributed by atoms with Crippen molar-refractivity contribution < 1.29 is 4.79 Å². The van der Waals surface area contributed by atoms with Gasteiger partial charge in [-0.2, -0.15) is 0 Å². The average Bonchev–Trinajstić information content (AvgIpc) is 2.38. The Morgan fingerprint density at radius 3 is 2.78 bits per heavy atom. The van der Waals surface area contributed by atoms with E-state index in [0.717, 1.165) is 30.5 Å². The van der Waals surface area contributed by atoms with Crippen molar-refractivity contribution in [3.8, 4) is 0 Å². The summed E-state index contributed by atoms with van der Waals surface area (Å²) < 4.78 is 1.49. The molecule has 0 fully saturated rings. The maximum Gasteiger partial charge on any atom is 0.250 e. The highest BCUT2D eigenvalue weighted by molar-refractivity contribution is 5.75. The van der Waals surface area contributed by atoms with Gasteiger partial charge in [0.1, 0.15) is 0 Å². The highest BCUT2D eigenvalue weighted by atomic mass is 16.1. The van der Waals surface area contributed by atoms with Gasteiger partial charge in [-0.1, -0.05) is 0 Å². The normalized spacial score (nSPS) is 12.2. The molecule has 1 amide bonds. The number of hydrogen-bond acceptors (Lipinski definition) is 3. The molecule has 0 saturated heterocycles. The first-order valence-electron chi connectivity index (χ1n) is 6.04. The van der Waals surface area contributed by atoms with Gasteiger partial charge in [0.05, 0.1) is 5.69 Å². The van der Waals surface area contributed by atoms with Crippen molar-refractivity contribution in [3.05, 3.63) is 28.2 Å². The van der Waals surface area contributed by atoms with Crippen LogP contribution in [0.3, 0.4) is 0 Å². The van der Waals surface area contributed by atoms with E-state index in [0.29, 0.717) is 6.04 Å². The molecule has 1 aromatic heterocycles. The van der Waals surface area contributed by atoms with Gasteiger partial charge < -0.3 is 14.8 Å². The predicted molar refractivity (Wildman–Crippen MR) is 73.0 cm³/mol. The number of carbonyl (C=O) groups excluding carboxylic acids is 1. The maximum absolute atomic E-state index is 11.7. The molecule has 0 aromatic carbocycles. The molecule has 1 N–H and O–H groups in total. The van der Waals surface area contributed by atoms with Crippen LogP contribution in [-0.2, 0) is 18.3 Å². The van der Waals surface area contributed by atoms with Crippen molar-refractivity contribution in [1.29, 1.82) is 0 Å². The Bertz CT molecular complexity index is 468. The minimum Gasteiger partial charge on any atom is -0.317 e. The number of carbonyl (C=O) groups is 1. The van der Waals surface area contributed by atoms with Gasteiger partial charge in [0.2, 0.25) is 6.41 Å². The minimum atomic E-state index is -0.0508. The third-order valence-electron chi connectivity index (χ3n) is 3.17. The van der Waals surface area contributed by atoms with Gasteiger partial charge in [-0.05, 0) is 32.4 Å². The number of amides is 1. The van der Waals surface area contributed by atoms with Gasteiger partial charge >= 0.3 is 0 Å². The first-order valence-corrected chi connectivity index (χ1v) is 6.04. The number of nitrogens with one attached hydrogen (secondary N) is 1. The molecule has 1 atom stereocenters. The van der Waals surface area contributed by atoms with Crippen LogP contribution in [0.4, 0.5) is 5.69 Å².